The molecule has 54 heavy (non-hydrogen) atoms. The van der Waals surface area contributed by atoms with Gasteiger partial charge in [-0.25, -0.2) is 19.9 Å². The van der Waals surface area contributed by atoms with Crippen LogP contribution in [0.5, 0.6) is 0 Å². The van der Waals surface area contributed by atoms with Gasteiger partial charge in [-0.1, -0.05) is 158 Å². The van der Waals surface area contributed by atoms with Crippen LogP contribution in [-0.2, 0) is 0 Å². The molecule has 1 aliphatic rings. The third-order valence-electron chi connectivity index (χ3n) is 10.6. The van der Waals surface area contributed by atoms with E-state index in [1.807, 2.05) is 36.4 Å². The summed E-state index contributed by atoms with van der Waals surface area (Å²) in [5.74, 6) is 0.683. The van der Waals surface area contributed by atoms with Crippen LogP contribution in [0.15, 0.2) is 182 Å². The van der Waals surface area contributed by atoms with Crippen LogP contribution in [0.2, 0.25) is 0 Å². The predicted molar refractivity (Wildman–Crippen MR) is 222 cm³/mol. The highest BCUT2D eigenvalue weighted by Crippen LogP contribution is 2.48. The van der Waals surface area contributed by atoms with Crippen LogP contribution in [0.3, 0.4) is 0 Å². The molecule has 3 aromatic heterocycles. The fraction of sp³-hybridized carbons (Fsp3) is 0. The van der Waals surface area contributed by atoms with E-state index in [-0.39, 0.29) is 0 Å². The molecule has 4 heteroatoms. The van der Waals surface area contributed by atoms with Gasteiger partial charge in [-0.15, -0.1) is 0 Å². The summed E-state index contributed by atoms with van der Waals surface area (Å²) in [5.41, 5.74) is 15.7. The Labute approximate surface area is 312 Å². The molecule has 0 saturated carbocycles. The van der Waals surface area contributed by atoms with E-state index in [0.717, 1.165) is 72.4 Å². The summed E-state index contributed by atoms with van der Waals surface area (Å²) in [6.07, 6.45) is 0. The zero-order chi connectivity index (χ0) is 35.6. The van der Waals surface area contributed by atoms with Crippen molar-refractivity contribution in [2.45, 2.75) is 0 Å². The lowest BCUT2D eigenvalue weighted by molar-refractivity contribution is 1.18. The van der Waals surface area contributed by atoms with Crippen molar-refractivity contribution in [1.82, 2.24) is 19.9 Å². The summed E-state index contributed by atoms with van der Waals surface area (Å²) in [4.78, 5) is 20.5. The minimum Gasteiger partial charge on any atom is -0.245 e. The zero-order valence-electron chi connectivity index (χ0n) is 29.1. The van der Waals surface area contributed by atoms with Gasteiger partial charge in [0.25, 0.3) is 0 Å². The normalized spacial score (nSPS) is 11.7. The first-order valence-electron chi connectivity index (χ1n) is 18.2. The first-order valence-corrected chi connectivity index (χ1v) is 18.2. The average molecular weight is 687 g/mol. The van der Waals surface area contributed by atoms with Gasteiger partial charge in [0.1, 0.15) is 0 Å². The average Bonchev–Trinajstić information content (AvgIpc) is 3.58. The lowest BCUT2D eigenvalue weighted by atomic mass is 9.99. The van der Waals surface area contributed by atoms with Gasteiger partial charge in [0.05, 0.1) is 33.8 Å². The molecule has 250 valence electrons. The van der Waals surface area contributed by atoms with Crippen molar-refractivity contribution in [3.8, 4) is 78.7 Å². The number of hydrogen-bond acceptors (Lipinski definition) is 4. The third-order valence-corrected chi connectivity index (χ3v) is 10.6. The van der Waals surface area contributed by atoms with E-state index in [9.17, 15) is 0 Å². The molecule has 0 N–H and O–H groups in total. The predicted octanol–water partition coefficient (Wildman–Crippen LogP) is 12.7. The molecule has 0 atom stereocenters. The van der Waals surface area contributed by atoms with Gasteiger partial charge in [-0.3, -0.25) is 0 Å². The number of hydrogen-bond donors (Lipinski definition) is 0. The third kappa shape index (κ3) is 5.00. The lowest BCUT2D eigenvalue weighted by Crippen LogP contribution is -1.96. The maximum Gasteiger partial charge on any atom is 0.160 e. The largest absolute Gasteiger partial charge is 0.245 e. The van der Waals surface area contributed by atoms with Gasteiger partial charge in [-0.2, -0.15) is 0 Å². The minimum absolute atomic E-state index is 0.683. The maximum absolute atomic E-state index is 5.27. The Morgan fingerprint density at radius 1 is 0.259 bits per heavy atom. The van der Waals surface area contributed by atoms with Gasteiger partial charge in [-0.05, 0) is 57.3 Å². The molecule has 0 amide bonds. The molecule has 0 radical (unpaired) electrons. The smallest absolute Gasteiger partial charge is 0.160 e. The molecule has 1 aliphatic carbocycles. The number of nitrogens with zero attached hydrogens (tertiary/aromatic N) is 4. The Bertz CT molecular complexity index is 3020. The lowest BCUT2D eigenvalue weighted by Gasteiger charge is -2.11. The molecule has 0 spiro atoms. The summed E-state index contributed by atoms with van der Waals surface area (Å²) < 4.78 is 0. The van der Waals surface area contributed by atoms with Crippen LogP contribution in [0.25, 0.3) is 111 Å². The van der Waals surface area contributed by atoms with Crippen LogP contribution >= 0.6 is 0 Å². The van der Waals surface area contributed by atoms with Gasteiger partial charge in [0.2, 0.25) is 0 Å². The van der Waals surface area contributed by atoms with Crippen molar-refractivity contribution in [2.75, 3.05) is 0 Å². The molecule has 0 saturated heterocycles. The summed E-state index contributed by atoms with van der Waals surface area (Å²) >= 11 is 0. The summed E-state index contributed by atoms with van der Waals surface area (Å²) in [6.45, 7) is 0. The van der Waals surface area contributed by atoms with Gasteiger partial charge >= 0.3 is 0 Å². The highest BCUT2D eigenvalue weighted by atomic mass is 14.9. The van der Waals surface area contributed by atoms with E-state index in [0.29, 0.717) is 5.82 Å². The zero-order valence-corrected chi connectivity index (χ0v) is 29.1. The second-order valence-corrected chi connectivity index (χ2v) is 13.8. The Kier molecular flexibility index (Phi) is 6.82. The second-order valence-electron chi connectivity index (χ2n) is 13.8. The Balaban J connectivity index is 0.968. The van der Waals surface area contributed by atoms with E-state index in [4.69, 9.17) is 19.9 Å². The first kappa shape index (κ1) is 30.3. The molecule has 0 fully saturated rings. The molecule has 11 rings (SSSR count). The molecular formula is C50H30N4. The van der Waals surface area contributed by atoms with E-state index < -0.39 is 0 Å². The van der Waals surface area contributed by atoms with Crippen molar-refractivity contribution in [1.29, 1.82) is 0 Å². The number of rotatable bonds is 5. The molecule has 0 aliphatic heterocycles. The number of benzene rings is 7. The Morgan fingerprint density at radius 2 is 0.759 bits per heavy atom. The van der Waals surface area contributed by atoms with Crippen molar-refractivity contribution >= 4 is 32.6 Å². The summed E-state index contributed by atoms with van der Waals surface area (Å²) in [7, 11) is 0. The highest BCUT2D eigenvalue weighted by Gasteiger charge is 2.22. The molecule has 0 unspecified atom stereocenters. The molecule has 0 bridgehead atoms. The van der Waals surface area contributed by atoms with Crippen LogP contribution in [-0.4, -0.2) is 19.9 Å². The van der Waals surface area contributed by atoms with Crippen LogP contribution in [0.1, 0.15) is 0 Å². The quantitative estimate of drug-likeness (QED) is 0.169. The van der Waals surface area contributed by atoms with E-state index >= 15 is 0 Å². The van der Waals surface area contributed by atoms with E-state index in [2.05, 4.69) is 146 Å². The SMILES string of the molecule is c1ccc(-c2cc(-c3ccccc3)nc(-c3ccc(-c4ccc5ccc6ccc(-c7ccc8c(c7)-c7cccc9cccc-8c79)nc6c5n4)cc3)n2)cc1. The monoisotopic (exact) mass is 686 g/mol. The van der Waals surface area contributed by atoms with Gasteiger partial charge in [0.15, 0.2) is 5.82 Å². The van der Waals surface area contributed by atoms with E-state index in [1.165, 1.54) is 33.0 Å². The minimum atomic E-state index is 0.683. The van der Waals surface area contributed by atoms with Crippen molar-refractivity contribution in [3.05, 3.63) is 182 Å². The molecule has 10 aromatic rings. The van der Waals surface area contributed by atoms with E-state index in [1.54, 1.807) is 0 Å². The highest BCUT2D eigenvalue weighted by molar-refractivity contribution is 6.15. The van der Waals surface area contributed by atoms with Crippen molar-refractivity contribution in [2.24, 2.45) is 0 Å². The molecular weight excluding hydrogens is 657 g/mol. The first-order chi connectivity index (χ1) is 26.7. The van der Waals surface area contributed by atoms with Crippen LogP contribution in [0, 0.1) is 0 Å². The Hall–Kier alpha value is -7.30. The van der Waals surface area contributed by atoms with Crippen molar-refractivity contribution < 1.29 is 0 Å². The molecule has 7 aromatic carbocycles. The molecule has 4 nitrogen and oxygen atoms in total. The molecule has 3 heterocycles. The van der Waals surface area contributed by atoms with Crippen LogP contribution in [0.4, 0.5) is 0 Å². The van der Waals surface area contributed by atoms with Gasteiger partial charge < -0.3 is 0 Å². The fourth-order valence-electron chi connectivity index (χ4n) is 7.92. The summed E-state index contributed by atoms with van der Waals surface area (Å²) in [6, 6.07) is 63.7. The fourth-order valence-corrected chi connectivity index (χ4v) is 7.92. The maximum atomic E-state index is 5.27. The van der Waals surface area contributed by atoms with Gasteiger partial charge in [0, 0.05) is 38.6 Å². The number of aromatic nitrogens is 4. The Morgan fingerprint density at radius 3 is 1.37 bits per heavy atom. The standard InChI is InChI=1S/C50H30N4/c1-3-9-31(10-4-1)45-30-46(32-11-5-2-6-12-32)54-50(53-45)37-21-17-33(18-22-37)43-27-24-35-19-20-36-25-28-44(52-49(36)48(35)51-43)38-23-26-39-40-15-7-13-34-14-8-16-41(47(34)40)42(39)29-38/h1-30H. The topological polar surface area (TPSA) is 51.6 Å². The second kappa shape index (κ2) is 12.1. The van der Waals surface area contributed by atoms with Crippen molar-refractivity contribution in [3.63, 3.8) is 0 Å². The number of pyridine rings is 2. The number of fused-ring (bicyclic) bond motifs is 6. The summed E-state index contributed by atoms with van der Waals surface area (Å²) in [5, 5.41) is 4.73. The van der Waals surface area contributed by atoms with Crippen LogP contribution < -0.4 is 0 Å².